The summed E-state index contributed by atoms with van der Waals surface area (Å²) in [6.45, 7) is -0.497. The summed E-state index contributed by atoms with van der Waals surface area (Å²) in [6, 6.07) is 17.8. The molecule has 3 atom stereocenters. The molecule has 0 unspecified atom stereocenters. The van der Waals surface area contributed by atoms with Crippen molar-refractivity contribution in [2.24, 2.45) is 0 Å². The summed E-state index contributed by atoms with van der Waals surface area (Å²) >= 11 is 0. The number of sulfonamides is 1. The van der Waals surface area contributed by atoms with E-state index in [0.717, 1.165) is 22.0 Å². The molecule has 0 aliphatic carbocycles. The van der Waals surface area contributed by atoms with Crippen molar-refractivity contribution in [1.82, 2.24) is 4.31 Å². The van der Waals surface area contributed by atoms with Gasteiger partial charge in [-0.05, 0) is 47.0 Å². The van der Waals surface area contributed by atoms with Crippen LogP contribution in [0.25, 0.3) is 11.1 Å². The zero-order chi connectivity index (χ0) is 22.2. The van der Waals surface area contributed by atoms with Gasteiger partial charge < -0.3 is 5.11 Å². The lowest BCUT2D eigenvalue weighted by molar-refractivity contribution is 0.0556. The topological polar surface area (TPSA) is 81.4 Å². The molecule has 158 valence electrons. The molecular formula is C23H18F2N2O3S. The third-order valence-corrected chi connectivity index (χ3v) is 7.40. The first-order valence-corrected chi connectivity index (χ1v) is 11.0. The fourth-order valence-electron chi connectivity index (χ4n) is 4.01. The van der Waals surface area contributed by atoms with Crippen LogP contribution in [-0.4, -0.2) is 36.5 Å². The lowest BCUT2D eigenvalue weighted by Crippen LogP contribution is -2.65. The summed E-state index contributed by atoms with van der Waals surface area (Å²) in [6.07, 6.45) is 0. The van der Waals surface area contributed by atoms with E-state index >= 15 is 0 Å². The van der Waals surface area contributed by atoms with Gasteiger partial charge in [-0.2, -0.15) is 9.57 Å². The monoisotopic (exact) mass is 440 g/mol. The summed E-state index contributed by atoms with van der Waals surface area (Å²) in [5, 5.41) is 19.6. The molecule has 1 saturated heterocycles. The van der Waals surface area contributed by atoms with Gasteiger partial charge in [0.15, 0.2) is 0 Å². The van der Waals surface area contributed by atoms with Crippen molar-refractivity contribution in [3.63, 3.8) is 0 Å². The SMILES string of the molecule is N#C[C@@H]1[C@H](c2ccc(-c3cccc(F)c3)cc2)[C@H](CO)N1S(=O)(=O)c1cccc(F)c1. The van der Waals surface area contributed by atoms with Gasteiger partial charge in [-0.15, -0.1) is 0 Å². The first kappa shape index (κ1) is 21.1. The number of rotatable bonds is 5. The smallest absolute Gasteiger partial charge is 0.244 e. The number of hydrogen-bond acceptors (Lipinski definition) is 4. The second-order valence-corrected chi connectivity index (χ2v) is 9.12. The lowest BCUT2D eigenvalue weighted by Gasteiger charge is -2.50. The van der Waals surface area contributed by atoms with E-state index in [-0.39, 0.29) is 10.7 Å². The second kappa shape index (κ2) is 8.19. The van der Waals surface area contributed by atoms with Crippen LogP contribution in [0.4, 0.5) is 8.78 Å². The van der Waals surface area contributed by atoms with Crippen LogP contribution < -0.4 is 0 Å². The van der Waals surface area contributed by atoms with E-state index in [2.05, 4.69) is 0 Å². The van der Waals surface area contributed by atoms with E-state index < -0.39 is 40.4 Å². The number of nitriles is 1. The number of hydrogen-bond donors (Lipinski definition) is 1. The Bertz CT molecular complexity index is 1260. The Morgan fingerprint density at radius 2 is 1.58 bits per heavy atom. The van der Waals surface area contributed by atoms with Crippen LogP contribution >= 0.6 is 0 Å². The van der Waals surface area contributed by atoms with E-state index in [4.69, 9.17) is 0 Å². The molecule has 0 amide bonds. The molecule has 3 aromatic carbocycles. The number of benzene rings is 3. The Kier molecular flexibility index (Phi) is 5.58. The molecule has 4 rings (SSSR count). The molecule has 0 radical (unpaired) electrons. The zero-order valence-electron chi connectivity index (χ0n) is 16.2. The molecule has 1 fully saturated rings. The molecule has 1 N–H and O–H groups in total. The Morgan fingerprint density at radius 3 is 2.16 bits per heavy atom. The summed E-state index contributed by atoms with van der Waals surface area (Å²) < 4.78 is 54.0. The highest BCUT2D eigenvalue weighted by atomic mass is 32.2. The maximum Gasteiger partial charge on any atom is 0.244 e. The first-order chi connectivity index (χ1) is 14.9. The van der Waals surface area contributed by atoms with Gasteiger partial charge in [0, 0.05) is 5.92 Å². The molecule has 0 spiro atoms. The maximum absolute atomic E-state index is 13.6. The second-order valence-electron chi connectivity index (χ2n) is 7.27. The normalized spacial score (nSPS) is 21.3. The zero-order valence-corrected chi connectivity index (χ0v) is 17.0. The first-order valence-electron chi connectivity index (χ1n) is 9.52. The summed E-state index contributed by atoms with van der Waals surface area (Å²) in [5.41, 5.74) is 2.13. The maximum atomic E-state index is 13.6. The van der Waals surface area contributed by atoms with Gasteiger partial charge in [0.2, 0.25) is 10.0 Å². The molecule has 5 nitrogen and oxygen atoms in total. The average Bonchev–Trinajstić information content (AvgIpc) is 2.74. The van der Waals surface area contributed by atoms with Crippen LogP contribution in [0, 0.1) is 23.0 Å². The Balaban J connectivity index is 1.65. The largest absolute Gasteiger partial charge is 0.395 e. The molecule has 8 heteroatoms. The van der Waals surface area contributed by atoms with Gasteiger partial charge in [0.25, 0.3) is 0 Å². The highest BCUT2D eigenvalue weighted by molar-refractivity contribution is 7.89. The number of nitrogens with zero attached hydrogens (tertiary/aromatic N) is 2. The van der Waals surface area contributed by atoms with Gasteiger partial charge in [-0.3, -0.25) is 0 Å². The number of halogens is 2. The number of aliphatic hydroxyl groups is 1. The fraction of sp³-hybridized carbons (Fsp3) is 0.174. The summed E-state index contributed by atoms with van der Waals surface area (Å²) in [5.74, 6) is -1.62. The van der Waals surface area contributed by atoms with Gasteiger partial charge in [-0.25, -0.2) is 17.2 Å². The minimum atomic E-state index is -4.17. The van der Waals surface area contributed by atoms with Crippen LogP contribution in [0.15, 0.2) is 77.7 Å². The third kappa shape index (κ3) is 3.72. The van der Waals surface area contributed by atoms with Crippen molar-refractivity contribution >= 4 is 10.0 Å². The molecule has 1 aliphatic rings. The van der Waals surface area contributed by atoms with Crippen molar-refractivity contribution in [2.45, 2.75) is 22.9 Å². The van der Waals surface area contributed by atoms with Crippen LogP contribution in [0.3, 0.4) is 0 Å². The van der Waals surface area contributed by atoms with Crippen LogP contribution in [0.5, 0.6) is 0 Å². The summed E-state index contributed by atoms with van der Waals surface area (Å²) in [7, 11) is -4.17. The van der Waals surface area contributed by atoms with Crippen molar-refractivity contribution in [3.05, 3.63) is 90.0 Å². The van der Waals surface area contributed by atoms with Crippen molar-refractivity contribution in [1.29, 1.82) is 5.26 Å². The van der Waals surface area contributed by atoms with Crippen LogP contribution in [0.2, 0.25) is 0 Å². The Labute approximate surface area is 178 Å². The molecule has 3 aromatic rings. The third-order valence-electron chi connectivity index (χ3n) is 5.50. The number of aliphatic hydroxyl groups excluding tert-OH is 1. The van der Waals surface area contributed by atoms with E-state index in [9.17, 15) is 27.6 Å². The molecule has 0 aromatic heterocycles. The van der Waals surface area contributed by atoms with Crippen LogP contribution in [0.1, 0.15) is 11.5 Å². The Hall–Kier alpha value is -3.12. The van der Waals surface area contributed by atoms with Gasteiger partial charge in [-0.1, -0.05) is 42.5 Å². The van der Waals surface area contributed by atoms with Crippen molar-refractivity contribution in [2.75, 3.05) is 6.61 Å². The fourth-order valence-corrected chi connectivity index (χ4v) is 5.80. The average molecular weight is 440 g/mol. The predicted molar refractivity (Wildman–Crippen MR) is 110 cm³/mol. The molecule has 31 heavy (non-hydrogen) atoms. The standard InChI is InChI=1S/C23H18F2N2O3S/c24-18-4-1-3-17(11-18)15-7-9-16(10-8-15)23-21(13-26)27(22(23)14-28)31(29,30)20-6-2-5-19(25)12-20/h1-12,21-23,28H,14H2/t21-,22+,23+/m1/s1. The lowest BCUT2D eigenvalue weighted by atomic mass is 9.78. The minimum Gasteiger partial charge on any atom is -0.395 e. The van der Waals surface area contributed by atoms with Gasteiger partial charge >= 0.3 is 0 Å². The summed E-state index contributed by atoms with van der Waals surface area (Å²) in [4.78, 5) is -0.272. The molecule has 1 heterocycles. The minimum absolute atomic E-state index is 0.272. The highest BCUT2D eigenvalue weighted by Gasteiger charge is 2.55. The molecular weight excluding hydrogens is 422 g/mol. The van der Waals surface area contributed by atoms with E-state index in [1.165, 1.54) is 24.3 Å². The van der Waals surface area contributed by atoms with Crippen LogP contribution in [-0.2, 0) is 10.0 Å². The quantitative estimate of drug-likeness (QED) is 0.656. The van der Waals surface area contributed by atoms with Crippen molar-refractivity contribution < 1.29 is 22.3 Å². The highest BCUT2D eigenvalue weighted by Crippen LogP contribution is 2.44. The van der Waals surface area contributed by atoms with E-state index in [0.29, 0.717) is 11.1 Å². The molecule has 0 bridgehead atoms. The van der Waals surface area contributed by atoms with E-state index in [1.807, 2.05) is 6.07 Å². The molecule has 1 aliphatic heterocycles. The predicted octanol–water partition coefficient (Wildman–Crippen LogP) is 3.67. The van der Waals surface area contributed by atoms with Crippen molar-refractivity contribution in [3.8, 4) is 17.2 Å². The Morgan fingerprint density at radius 1 is 0.935 bits per heavy atom. The van der Waals surface area contributed by atoms with Gasteiger partial charge in [0.1, 0.15) is 17.7 Å². The molecule has 0 saturated carbocycles. The van der Waals surface area contributed by atoms with Gasteiger partial charge in [0.05, 0.1) is 23.6 Å². The van der Waals surface area contributed by atoms with E-state index in [1.54, 1.807) is 36.4 Å².